The van der Waals surface area contributed by atoms with Crippen LogP contribution < -0.4 is 10.1 Å². The highest BCUT2D eigenvalue weighted by Crippen LogP contribution is 2.17. The number of non-ortho nitro benzene ring substituents is 1. The molecule has 1 saturated heterocycles. The largest absolute Gasteiger partial charge is 0.492 e. The summed E-state index contributed by atoms with van der Waals surface area (Å²) in [4.78, 5) is 12.5. The quantitative estimate of drug-likeness (QED) is 0.643. The molecule has 1 aromatic rings. The second-order valence-corrected chi connectivity index (χ2v) is 5.03. The number of piperidine rings is 1. The first-order valence-corrected chi connectivity index (χ1v) is 6.96. The van der Waals surface area contributed by atoms with Gasteiger partial charge in [-0.1, -0.05) is 0 Å². The van der Waals surface area contributed by atoms with Gasteiger partial charge >= 0.3 is 0 Å². The Morgan fingerprint density at radius 1 is 1.43 bits per heavy atom. The molecule has 0 amide bonds. The molecule has 118 valence electrons. The molecule has 1 aliphatic rings. The second kappa shape index (κ2) is 8.81. The van der Waals surface area contributed by atoms with E-state index >= 15 is 0 Å². The number of likely N-dealkylation sites (N-methyl/N-ethyl adjacent to an activating group) is 1. The molecular formula is C14H22ClN3O3. The van der Waals surface area contributed by atoms with Gasteiger partial charge in [-0.2, -0.15) is 0 Å². The minimum absolute atomic E-state index is 0. The van der Waals surface area contributed by atoms with Gasteiger partial charge in [-0.15, -0.1) is 12.4 Å². The zero-order valence-electron chi connectivity index (χ0n) is 12.2. The SMILES string of the molecule is CNC1CCCN(CCOc2ccc([N+](=O)[O-])cc2)C1.Cl. The van der Waals surface area contributed by atoms with Crippen molar-refractivity contribution in [1.29, 1.82) is 0 Å². The molecule has 0 spiro atoms. The highest BCUT2D eigenvalue weighted by molar-refractivity contribution is 5.85. The van der Waals surface area contributed by atoms with Crippen LogP contribution in [-0.4, -0.2) is 49.2 Å². The summed E-state index contributed by atoms with van der Waals surface area (Å²) in [6.45, 7) is 3.66. The van der Waals surface area contributed by atoms with Crippen LogP contribution in [0.2, 0.25) is 0 Å². The average Bonchev–Trinajstić information content (AvgIpc) is 2.48. The number of halogens is 1. The van der Waals surface area contributed by atoms with Crippen molar-refractivity contribution in [3.8, 4) is 5.75 Å². The first-order valence-electron chi connectivity index (χ1n) is 6.96. The number of hydrogen-bond donors (Lipinski definition) is 1. The number of nitrogens with zero attached hydrogens (tertiary/aromatic N) is 2. The van der Waals surface area contributed by atoms with Crippen molar-refractivity contribution in [3.05, 3.63) is 34.4 Å². The summed E-state index contributed by atoms with van der Waals surface area (Å²) in [7, 11) is 2.00. The molecule has 1 atom stereocenters. The zero-order chi connectivity index (χ0) is 14.4. The molecular weight excluding hydrogens is 294 g/mol. The Morgan fingerprint density at radius 3 is 2.76 bits per heavy atom. The number of hydrogen-bond acceptors (Lipinski definition) is 5. The van der Waals surface area contributed by atoms with Crippen molar-refractivity contribution in [1.82, 2.24) is 10.2 Å². The summed E-state index contributed by atoms with van der Waals surface area (Å²) in [5.74, 6) is 0.678. The highest BCUT2D eigenvalue weighted by atomic mass is 35.5. The van der Waals surface area contributed by atoms with Crippen LogP contribution in [0.4, 0.5) is 5.69 Å². The van der Waals surface area contributed by atoms with Gasteiger partial charge in [0.2, 0.25) is 0 Å². The Bertz CT molecular complexity index is 442. The number of likely N-dealkylation sites (tertiary alicyclic amines) is 1. The van der Waals surface area contributed by atoms with Gasteiger partial charge in [0.25, 0.3) is 5.69 Å². The van der Waals surface area contributed by atoms with Crippen LogP contribution in [0.1, 0.15) is 12.8 Å². The highest BCUT2D eigenvalue weighted by Gasteiger charge is 2.17. The van der Waals surface area contributed by atoms with Crippen molar-refractivity contribution < 1.29 is 9.66 Å². The smallest absolute Gasteiger partial charge is 0.269 e. The van der Waals surface area contributed by atoms with Crippen LogP contribution in [0.25, 0.3) is 0 Å². The van der Waals surface area contributed by atoms with Crippen LogP contribution >= 0.6 is 12.4 Å². The maximum absolute atomic E-state index is 10.5. The van der Waals surface area contributed by atoms with Crippen LogP contribution in [0.3, 0.4) is 0 Å². The molecule has 0 radical (unpaired) electrons. The molecule has 1 heterocycles. The van der Waals surface area contributed by atoms with Gasteiger partial charge in [0, 0.05) is 31.3 Å². The normalized spacial score (nSPS) is 18.8. The number of benzene rings is 1. The van der Waals surface area contributed by atoms with Gasteiger partial charge in [-0.25, -0.2) is 0 Å². The fraction of sp³-hybridized carbons (Fsp3) is 0.571. The monoisotopic (exact) mass is 315 g/mol. The molecule has 0 aromatic heterocycles. The van der Waals surface area contributed by atoms with Gasteiger partial charge in [-0.3, -0.25) is 15.0 Å². The summed E-state index contributed by atoms with van der Waals surface area (Å²) in [6, 6.07) is 6.79. The van der Waals surface area contributed by atoms with Crippen molar-refractivity contribution in [2.45, 2.75) is 18.9 Å². The number of nitro groups is 1. The molecule has 1 aliphatic heterocycles. The minimum Gasteiger partial charge on any atom is -0.492 e. The van der Waals surface area contributed by atoms with Crippen molar-refractivity contribution in [2.75, 3.05) is 33.3 Å². The standard InChI is InChI=1S/C14H21N3O3.ClH/c1-15-12-3-2-8-16(11-12)9-10-20-14-6-4-13(5-7-14)17(18)19;/h4-7,12,15H,2-3,8-11H2,1H3;1H. The van der Waals surface area contributed by atoms with Gasteiger partial charge in [-0.05, 0) is 38.6 Å². The fourth-order valence-electron chi connectivity index (χ4n) is 2.45. The van der Waals surface area contributed by atoms with E-state index < -0.39 is 4.92 Å². The lowest BCUT2D eigenvalue weighted by molar-refractivity contribution is -0.384. The summed E-state index contributed by atoms with van der Waals surface area (Å²) in [5, 5.41) is 13.9. The Kier molecular flexibility index (Phi) is 7.42. The average molecular weight is 316 g/mol. The first-order chi connectivity index (χ1) is 9.69. The third-order valence-electron chi connectivity index (χ3n) is 3.64. The molecule has 1 aromatic carbocycles. The Balaban J connectivity index is 0.00000220. The van der Waals surface area contributed by atoms with E-state index in [1.807, 2.05) is 7.05 Å². The third kappa shape index (κ3) is 5.49. The van der Waals surface area contributed by atoms with Crippen molar-refractivity contribution in [3.63, 3.8) is 0 Å². The number of rotatable bonds is 6. The predicted molar refractivity (Wildman–Crippen MR) is 84.4 cm³/mol. The molecule has 0 saturated carbocycles. The summed E-state index contributed by atoms with van der Waals surface area (Å²) < 4.78 is 5.63. The van der Waals surface area contributed by atoms with Gasteiger partial charge < -0.3 is 10.1 Å². The summed E-state index contributed by atoms with van der Waals surface area (Å²) >= 11 is 0. The fourth-order valence-corrected chi connectivity index (χ4v) is 2.45. The number of ether oxygens (including phenoxy) is 1. The molecule has 1 fully saturated rings. The van der Waals surface area contributed by atoms with Crippen LogP contribution in [0.15, 0.2) is 24.3 Å². The van der Waals surface area contributed by atoms with E-state index in [4.69, 9.17) is 4.74 Å². The van der Waals surface area contributed by atoms with Crippen molar-refractivity contribution in [2.24, 2.45) is 0 Å². The lowest BCUT2D eigenvalue weighted by Gasteiger charge is -2.32. The molecule has 0 aliphatic carbocycles. The molecule has 21 heavy (non-hydrogen) atoms. The zero-order valence-corrected chi connectivity index (χ0v) is 13.0. The van der Waals surface area contributed by atoms with Crippen LogP contribution in [0.5, 0.6) is 5.75 Å². The van der Waals surface area contributed by atoms with Gasteiger partial charge in [0.15, 0.2) is 0 Å². The van der Waals surface area contributed by atoms with E-state index in [9.17, 15) is 10.1 Å². The van der Waals surface area contributed by atoms with E-state index in [2.05, 4.69) is 10.2 Å². The third-order valence-corrected chi connectivity index (χ3v) is 3.64. The molecule has 6 nitrogen and oxygen atoms in total. The van der Waals surface area contributed by atoms with E-state index in [0.717, 1.165) is 19.6 Å². The Morgan fingerprint density at radius 2 is 2.14 bits per heavy atom. The molecule has 1 unspecified atom stereocenters. The topological polar surface area (TPSA) is 67.6 Å². The summed E-state index contributed by atoms with van der Waals surface area (Å²) in [5.41, 5.74) is 0.0882. The molecule has 1 N–H and O–H groups in total. The molecule has 7 heteroatoms. The maximum Gasteiger partial charge on any atom is 0.269 e. The predicted octanol–water partition coefficient (Wildman–Crippen LogP) is 2.08. The maximum atomic E-state index is 10.5. The van der Waals surface area contributed by atoms with Gasteiger partial charge in [0.1, 0.15) is 12.4 Å². The number of nitro benzene ring substituents is 1. The van der Waals surface area contributed by atoms with E-state index in [-0.39, 0.29) is 18.1 Å². The van der Waals surface area contributed by atoms with E-state index in [1.165, 1.54) is 25.0 Å². The number of nitrogens with one attached hydrogen (secondary N) is 1. The van der Waals surface area contributed by atoms with Crippen LogP contribution in [-0.2, 0) is 0 Å². The summed E-state index contributed by atoms with van der Waals surface area (Å²) in [6.07, 6.45) is 2.44. The van der Waals surface area contributed by atoms with Crippen LogP contribution in [0, 0.1) is 10.1 Å². The lowest BCUT2D eigenvalue weighted by atomic mass is 10.1. The van der Waals surface area contributed by atoms with E-state index in [1.54, 1.807) is 12.1 Å². The van der Waals surface area contributed by atoms with E-state index in [0.29, 0.717) is 18.4 Å². The molecule has 0 bridgehead atoms. The minimum atomic E-state index is -0.407. The first kappa shape index (κ1) is 17.7. The van der Waals surface area contributed by atoms with Crippen molar-refractivity contribution >= 4 is 18.1 Å². The Hall–Kier alpha value is -1.37. The second-order valence-electron chi connectivity index (χ2n) is 5.03. The lowest BCUT2D eigenvalue weighted by Crippen LogP contribution is -2.45. The Labute approximate surface area is 131 Å². The molecule has 2 rings (SSSR count). The van der Waals surface area contributed by atoms with Gasteiger partial charge in [0.05, 0.1) is 4.92 Å².